The Morgan fingerprint density at radius 1 is 1.17 bits per heavy atom. The van der Waals surface area contributed by atoms with Crippen molar-refractivity contribution in [1.29, 1.82) is 0 Å². The van der Waals surface area contributed by atoms with Gasteiger partial charge in [-0.2, -0.15) is 10.2 Å². The second-order valence-corrected chi connectivity index (χ2v) is 6.51. The monoisotopic (exact) mass is 424 g/mol. The van der Waals surface area contributed by atoms with Crippen molar-refractivity contribution in [2.24, 2.45) is 0 Å². The Kier molecular flexibility index (Phi) is 5.22. The molecular formula is C19H13ClN6O4. The molecule has 0 fully saturated rings. The highest BCUT2D eigenvalue weighted by molar-refractivity contribution is 6.31. The molecular weight excluding hydrogens is 412 g/mol. The molecule has 0 saturated carbocycles. The molecule has 0 spiro atoms. The van der Waals surface area contributed by atoms with E-state index in [1.807, 2.05) is 0 Å². The van der Waals surface area contributed by atoms with E-state index in [9.17, 15) is 14.4 Å². The molecule has 0 bridgehead atoms. The Bertz CT molecular complexity index is 1300. The lowest BCUT2D eigenvalue weighted by Crippen LogP contribution is -2.23. The Morgan fingerprint density at radius 3 is 2.73 bits per heavy atom. The number of carbonyl (C=O) groups excluding carboxylic acids is 2. The van der Waals surface area contributed by atoms with Gasteiger partial charge in [-0.3, -0.25) is 9.59 Å². The molecule has 4 rings (SSSR count). The van der Waals surface area contributed by atoms with Crippen LogP contribution in [0.2, 0.25) is 5.02 Å². The van der Waals surface area contributed by atoms with Gasteiger partial charge in [0.15, 0.2) is 12.3 Å². The average Bonchev–Trinajstić information content (AvgIpc) is 3.27. The number of anilines is 1. The number of H-pyrrole nitrogens is 1. The molecule has 0 saturated heterocycles. The first kappa shape index (κ1) is 19.3. The molecule has 0 radical (unpaired) electrons. The number of ether oxygens (including phenoxy) is 1. The van der Waals surface area contributed by atoms with E-state index in [-0.39, 0.29) is 5.69 Å². The fourth-order valence-electron chi connectivity index (χ4n) is 2.80. The number of nitrogens with zero attached hydrogens (tertiary/aromatic N) is 4. The zero-order valence-corrected chi connectivity index (χ0v) is 16.0. The Hall–Kier alpha value is -4.05. The van der Waals surface area contributed by atoms with Crippen LogP contribution < -0.4 is 10.9 Å². The van der Waals surface area contributed by atoms with Gasteiger partial charge in [-0.05, 0) is 24.3 Å². The highest BCUT2D eigenvalue weighted by atomic mass is 35.5. The molecule has 11 heteroatoms. The zero-order chi connectivity index (χ0) is 21.1. The van der Waals surface area contributed by atoms with Crippen molar-refractivity contribution in [2.75, 3.05) is 11.9 Å². The molecule has 4 aromatic rings. The molecule has 10 nitrogen and oxygen atoms in total. The number of esters is 1. The normalized spacial score (nSPS) is 10.7. The minimum Gasteiger partial charge on any atom is -0.451 e. The summed E-state index contributed by atoms with van der Waals surface area (Å²) in [4.78, 5) is 40.4. The fourth-order valence-corrected chi connectivity index (χ4v) is 2.97. The van der Waals surface area contributed by atoms with Gasteiger partial charge in [-0.15, -0.1) is 0 Å². The smallest absolute Gasteiger partial charge is 0.359 e. The average molecular weight is 425 g/mol. The molecule has 150 valence electrons. The zero-order valence-electron chi connectivity index (χ0n) is 15.2. The van der Waals surface area contributed by atoms with E-state index >= 15 is 0 Å². The summed E-state index contributed by atoms with van der Waals surface area (Å²) < 4.78 is 6.52. The number of rotatable bonds is 5. The van der Waals surface area contributed by atoms with Crippen LogP contribution >= 0.6 is 11.6 Å². The molecule has 0 aliphatic heterocycles. The van der Waals surface area contributed by atoms with E-state index in [2.05, 4.69) is 25.6 Å². The van der Waals surface area contributed by atoms with Gasteiger partial charge < -0.3 is 10.1 Å². The van der Waals surface area contributed by atoms with Gasteiger partial charge in [0.2, 0.25) is 0 Å². The number of aromatic amines is 1. The first-order valence-electron chi connectivity index (χ1n) is 8.62. The first-order chi connectivity index (χ1) is 14.5. The van der Waals surface area contributed by atoms with Crippen molar-refractivity contribution < 1.29 is 14.3 Å². The summed E-state index contributed by atoms with van der Waals surface area (Å²) in [5.41, 5.74) is 0.372. The fraction of sp³-hybridized carbons (Fsp3) is 0.0526. The number of nitrogens with one attached hydrogen (secondary N) is 2. The summed E-state index contributed by atoms with van der Waals surface area (Å²) in [6, 6.07) is 11.3. The number of carbonyl (C=O) groups is 2. The number of benzene rings is 2. The minimum absolute atomic E-state index is 0.0935. The largest absolute Gasteiger partial charge is 0.451 e. The number of amides is 1. The van der Waals surface area contributed by atoms with Gasteiger partial charge in [-0.1, -0.05) is 29.8 Å². The second kappa shape index (κ2) is 8.13. The SMILES string of the molecule is O=C(COC(=O)c1n[nH]c(=O)c2ccccc12)Nc1cc(Cl)ccc1-n1cncn1. The summed E-state index contributed by atoms with van der Waals surface area (Å²) >= 11 is 6.02. The second-order valence-electron chi connectivity index (χ2n) is 6.07. The van der Waals surface area contributed by atoms with Gasteiger partial charge in [0.1, 0.15) is 12.7 Å². The standard InChI is InChI=1S/C19H13ClN6O4/c20-11-5-6-15(26-10-21-9-22-26)14(7-11)23-16(27)8-30-19(29)17-12-3-1-2-4-13(12)18(28)25-24-17/h1-7,9-10H,8H2,(H,23,27)(H,25,28). The van der Waals surface area contributed by atoms with Crippen LogP contribution in [-0.4, -0.2) is 43.4 Å². The van der Waals surface area contributed by atoms with Crippen LogP contribution in [-0.2, 0) is 9.53 Å². The van der Waals surface area contributed by atoms with E-state index in [0.717, 1.165) is 0 Å². The van der Waals surface area contributed by atoms with E-state index in [1.165, 1.54) is 23.4 Å². The number of aromatic nitrogens is 5. The van der Waals surface area contributed by atoms with Crippen LogP contribution in [0.4, 0.5) is 5.69 Å². The highest BCUT2D eigenvalue weighted by Gasteiger charge is 2.17. The Labute approximate surface area is 173 Å². The number of fused-ring (bicyclic) bond motifs is 1. The van der Waals surface area contributed by atoms with E-state index in [1.54, 1.807) is 36.4 Å². The summed E-state index contributed by atoms with van der Waals surface area (Å²) in [6.45, 7) is -0.572. The maximum Gasteiger partial charge on any atom is 0.359 e. The number of halogens is 1. The van der Waals surface area contributed by atoms with Crippen molar-refractivity contribution in [1.82, 2.24) is 25.0 Å². The Balaban J connectivity index is 1.49. The van der Waals surface area contributed by atoms with Crippen LogP contribution in [0.5, 0.6) is 0 Å². The first-order valence-corrected chi connectivity index (χ1v) is 8.99. The maximum absolute atomic E-state index is 12.4. The summed E-state index contributed by atoms with van der Waals surface area (Å²) in [5.74, 6) is -1.44. The Morgan fingerprint density at radius 2 is 1.97 bits per heavy atom. The highest BCUT2D eigenvalue weighted by Crippen LogP contribution is 2.24. The molecule has 2 aromatic carbocycles. The number of hydrogen-bond acceptors (Lipinski definition) is 7. The van der Waals surface area contributed by atoms with Crippen LogP contribution in [0.25, 0.3) is 16.5 Å². The van der Waals surface area contributed by atoms with Crippen LogP contribution in [0.15, 0.2) is 59.9 Å². The van der Waals surface area contributed by atoms with Crippen LogP contribution in [0.3, 0.4) is 0 Å². The molecule has 0 unspecified atom stereocenters. The van der Waals surface area contributed by atoms with Crippen molar-refractivity contribution in [3.63, 3.8) is 0 Å². The molecule has 2 heterocycles. The van der Waals surface area contributed by atoms with Gasteiger partial charge >= 0.3 is 5.97 Å². The van der Waals surface area contributed by atoms with Crippen molar-refractivity contribution in [3.05, 3.63) is 76.2 Å². The molecule has 0 aliphatic carbocycles. The van der Waals surface area contributed by atoms with E-state index < -0.39 is 24.0 Å². The van der Waals surface area contributed by atoms with Crippen molar-refractivity contribution in [2.45, 2.75) is 0 Å². The number of hydrogen-bond donors (Lipinski definition) is 2. The summed E-state index contributed by atoms with van der Waals surface area (Å²) in [7, 11) is 0. The van der Waals surface area contributed by atoms with Crippen LogP contribution in [0, 0.1) is 0 Å². The summed E-state index contributed by atoms with van der Waals surface area (Å²) in [6.07, 6.45) is 2.81. The lowest BCUT2D eigenvalue weighted by molar-refractivity contribution is -0.119. The molecule has 1 amide bonds. The van der Waals surface area contributed by atoms with Gasteiger partial charge in [-0.25, -0.2) is 19.6 Å². The third-order valence-electron chi connectivity index (χ3n) is 4.12. The summed E-state index contributed by atoms with van der Waals surface area (Å²) in [5, 5.41) is 13.7. The van der Waals surface area contributed by atoms with Gasteiger partial charge in [0.05, 0.1) is 16.8 Å². The topological polar surface area (TPSA) is 132 Å². The molecule has 0 aliphatic rings. The predicted molar refractivity (Wildman–Crippen MR) is 108 cm³/mol. The van der Waals surface area contributed by atoms with Gasteiger partial charge in [0.25, 0.3) is 11.5 Å². The maximum atomic E-state index is 12.4. The minimum atomic E-state index is -0.847. The van der Waals surface area contributed by atoms with Crippen LogP contribution in [0.1, 0.15) is 10.5 Å². The lowest BCUT2D eigenvalue weighted by Gasteiger charge is -2.11. The van der Waals surface area contributed by atoms with E-state index in [4.69, 9.17) is 16.3 Å². The third kappa shape index (κ3) is 3.89. The quantitative estimate of drug-likeness (QED) is 0.468. The van der Waals surface area contributed by atoms with Crippen molar-refractivity contribution >= 4 is 39.9 Å². The van der Waals surface area contributed by atoms with E-state index in [0.29, 0.717) is 27.2 Å². The predicted octanol–water partition coefficient (Wildman–Crippen LogP) is 1.95. The van der Waals surface area contributed by atoms with Gasteiger partial charge in [0, 0.05) is 10.4 Å². The molecule has 30 heavy (non-hydrogen) atoms. The molecule has 2 aromatic heterocycles. The molecule has 0 atom stereocenters. The van der Waals surface area contributed by atoms with Crippen molar-refractivity contribution in [3.8, 4) is 5.69 Å². The lowest BCUT2D eigenvalue weighted by atomic mass is 10.1. The third-order valence-corrected chi connectivity index (χ3v) is 4.36. The molecule has 2 N–H and O–H groups in total.